The van der Waals surface area contributed by atoms with Crippen LogP contribution in [0.1, 0.15) is 49.7 Å². The highest BCUT2D eigenvalue weighted by Crippen LogP contribution is 2.38. The summed E-state index contributed by atoms with van der Waals surface area (Å²) in [6.45, 7) is 3.35. The molecule has 0 aromatic carbocycles. The summed E-state index contributed by atoms with van der Waals surface area (Å²) in [4.78, 5) is 7.29. The summed E-state index contributed by atoms with van der Waals surface area (Å²) in [5.74, 6) is 2.65. The van der Waals surface area contributed by atoms with Gasteiger partial charge in [-0.2, -0.15) is 0 Å². The summed E-state index contributed by atoms with van der Waals surface area (Å²) in [5, 5.41) is 0. The van der Waals surface area contributed by atoms with Crippen molar-refractivity contribution in [1.82, 2.24) is 4.98 Å². The topological polar surface area (TPSA) is 16.1 Å². The number of alkyl halides is 1. The van der Waals surface area contributed by atoms with Crippen molar-refractivity contribution in [3.8, 4) is 0 Å². The van der Waals surface area contributed by atoms with Gasteiger partial charge in [-0.3, -0.25) is 0 Å². The van der Waals surface area contributed by atoms with Crippen LogP contribution in [0, 0.1) is 12.8 Å². The van der Waals surface area contributed by atoms with Gasteiger partial charge < -0.3 is 4.90 Å². The summed E-state index contributed by atoms with van der Waals surface area (Å²) in [7, 11) is 0. The van der Waals surface area contributed by atoms with Gasteiger partial charge in [0.2, 0.25) is 0 Å². The number of aromatic nitrogens is 1. The Morgan fingerprint density at radius 1 is 1.26 bits per heavy atom. The molecular weight excluding hydrogens is 256 g/mol. The average molecular weight is 279 g/mol. The van der Waals surface area contributed by atoms with E-state index in [9.17, 15) is 0 Å². The first kappa shape index (κ1) is 13.2. The Balaban J connectivity index is 1.87. The number of pyridine rings is 1. The van der Waals surface area contributed by atoms with E-state index in [-0.39, 0.29) is 0 Å². The predicted molar refractivity (Wildman–Crippen MR) is 80.9 cm³/mol. The minimum atomic E-state index is 0.556. The van der Waals surface area contributed by atoms with Crippen molar-refractivity contribution in [1.29, 1.82) is 0 Å². The van der Waals surface area contributed by atoms with Crippen LogP contribution in [0.3, 0.4) is 0 Å². The van der Waals surface area contributed by atoms with Crippen LogP contribution in [0.5, 0.6) is 0 Å². The second-order valence-electron chi connectivity index (χ2n) is 6.07. The summed E-state index contributed by atoms with van der Waals surface area (Å²) in [6, 6.07) is 2.93. The van der Waals surface area contributed by atoms with Crippen LogP contribution < -0.4 is 4.90 Å². The van der Waals surface area contributed by atoms with E-state index in [4.69, 9.17) is 16.6 Å². The van der Waals surface area contributed by atoms with Gasteiger partial charge in [0.15, 0.2) is 0 Å². The van der Waals surface area contributed by atoms with E-state index in [1.54, 1.807) is 0 Å². The summed E-state index contributed by atoms with van der Waals surface area (Å²) in [5.41, 5.74) is 2.41. The molecule has 1 aromatic heterocycles. The second-order valence-corrected chi connectivity index (χ2v) is 6.33. The van der Waals surface area contributed by atoms with Crippen LogP contribution in [-0.4, -0.2) is 17.6 Å². The number of fused-ring (bicyclic) bond motifs is 1. The lowest BCUT2D eigenvalue weighted by atomic mass is 9.78. The number of nitrogens with zero attached hydrogens (tertiary/aromatic N) is 2. The molecule has 1 saturated carbocycles. The highest BCUT2D eigenvalue weighted by atomic mass is 35.5. The SMILES string of the molecule is Cc1cc(CCl)cnc1N1CCCC2CCCCC21. The molecule has 3 heteroatoms. The van der Waals surface area contributed by atoms with Gasteiger partial charge >= 0.3 is 0 Å². The van der Waals surface area contributed by atoms with Gasteiger partial charge in [-0.15, -0.1) is 11.6 Å². The molecule has 0 radical (unpaired) electrons. The molecule has 2 unspecified atom stereocenters. The predicted octanol–water partition coefficient (Wildman–Crippen LogP) is 4.29. The molecule has 0 N–H and O–H groups in total. The van der Waals surface area contributed by atoms with E-state index in [0.717, 1.165) is 17.5 Å². The van der Waals surface area contributed by atoms with E-state index >= 15 is 0 Å². The van der Waals surface area contributed by atoms with E-state index in [2.05, 4.69) is 17.9 Å². The Hall–Kier alpha value is -0.760. The number of aryl methyl sites for hydroxylation is 1. The molecule has 0 bridgehead atoms. The number of hydrogen-bond acceptors (Lipinski definition) is 2. The molecule has 104 valence electrons. The zero-order valence-electron chi connectivity index (χ0n) is 11.7. The Labute approximate surface area is 121 Å². The minimum Gasteiger partial charge on any atom is -0.353 e. The van der Waals surface area contributed by atoms with Gasteiger partial charge in [-0.05, 0) is 55.7 Å². The van der Waals surface area contributed by atoms with E-state index in [1.165, 1.54) is 56.5 Å². The lowest BCUT2D eigenvalue weighted by Gasteiger charge is -2.45. The number of piperidine rings is 1. The molecule has 0 amide bonds. The van der Waals surface area contributed by atoms with Crippen LogP contribution in [-0.2, 0) is 5.88 Å². The Morgan fingerprint density at radius 2 is 2.05 bits per heavy atom. The highest BCUT2D eigenvalue weighted by molar-refractivity contribution is 6.17. The molecule has 1 aliphatic heterocycles. The van der Waals surface area contributed by atoms with Gasteiger partial charge in [-0.1, -0.05) is 12.8 Å². The third-order valence-electron chi connectivity index (χ3n) is 4.78. The molecule has 19 heavy (non-hydrogen) atoms. The summed E-state index contributed by atoms with van der Waals surface area (Å²) >= 11 is 5.89. The number of rotatable bonds is 2. The molecule has 2 fully saturated rings. The molecule has 1 aliphatic carbocycles. The maximum atomic E-state index is 5.89. The Bertz CT molecular complexity index is 444. The van der Waals surface area contributed by atoms with Crippen molar-refractivity contribution in [2.24, 2.45) is 5.92 Å². The summed E-state index contributed by atoms with van der Waals surface area (Å²) in [6.07, 6.45) is 10.3. The number of halogens is 1. The first-order chi connectivity index (χ1) is 9.29. The first-order valence-corrected chi connectivity index (χ1v) is 8.11. The third kappa shape index (κ3) is 2.60. The van der Waals surface area contributed by atoms with Crippen LogP contribution in [0.2, 0.25) is 0 Å². The van der Waals surface area contributed by atoms with Crippen LogP contribution >= 0.6 is 11.6 Å². The van der Waals surface area contributed by atoms with Gasteiger partial charge in [0.25, 0.3) is 0 Å². The maximum absolute atomic E-state index is 5.89. The zero-order valence-corrected chi connectivity index (χ0v) is 12.5. The Kier molecular flexibility index (Phi) is 3.97. The van der Waals surface area contributed by atoms with E-state index in [1.807, 2.05) is 6.20 Å². The minimum absolute atomic E-state index is 0.556. The molecule has 2 aliphatic rings. The molecule has 3 rings (SSSR count). The highest BCUT2D eigenvalue weighted by Gasteiger charge is 2.34. The van der Waals surface area contributed by atoms with Gasteiger partial charge in [0, 0.05) is 24.7 Å². The fourth-order valence-electron chi connectivity index (χ4n) is 3.89. The lowest BCUT2D eigenvalue weighted by molar-refractivity contribution is 0.242. The Morgan fingerprint density at radius 3 is 2.84 bits per heavy atom. The third-order valence-corrected chi connectivity index (χ3v) is 5.09. The van der Waals surface area contributed by atoms with Gasteiger partial charge in [0.1, 0.15) is 5.82 Å². The zero-order chi connectivity index (χ0) is 13.2. The fraction of sp³-hybridized carbons (Fsp3) is 0.688. The van der Waals surface area contributed by atoms with Crippen LogP contribution in [0.15, 0.2) is 12.3 Å². The second kappa shape index (κ2) is 5.70. The molecule has 0 spiro atoms. The maximum Gasteiger partial charge on any atom is 0.131 e. The normalized spacial score (nSPS) is 27.2. The number of hydrogen-bond donors (Lipinski definition) is 0. The van der Waals surface area contributed by atoms with Gasteiger partial charge in [0.05, 0.1) is 0 Å². The van der Waals surface area contributed by atoms with Crippen LogP contribution in [0.4, 0.5) is 5.82 Å². The van der Waals surface area contributed by atoms with E-state index in [0.29, 0.717) is 5.88 Å². The first-order valence-electron chi connectivity index (χ1n) is 7.57. The van der Waals surface area contributed by atoms with Crippen molar-refractivity contribution in [3.05, 3.63) is 23.4 Å². The van der Waals surface area contributed by atoms with Crippen molar-refractivity contribution in [2.45, 2.75) is 57.4 Å². The number of anilines is 1. The van der Waals surface area contributed by atoms with Crippen molar-refractivity contribution in [3.63, 3.8) is 0 Å². The fourth-order valence-corrected chi connectivity index (χ4v) is 4.03. The van der Waals surface area contributed by atoms with E-state index < -0.39 is 0 Å². The van der Waals surface area contributed by atoms with Gasteiger partial charge in [-0.25, -0.2) is 4.98 Å². The smallest absolute Gasteiger partial charge is 0.131 e. The van der Waals surface area contributed by atoms with Crippen molar-refractivity contribution in [2.75, 3.05) is 11.4 Å². The van der Waals surface area contributed by atoms with Crippen LogP contribution in [0.25, 0.3) is 0 Å². The lowest BCUT2D eigenvalue weighted by Crippen LogP contribution is -2.47. The molecule has 2 nitrogen and oxygen atoms in total. The molecule has 2 heterocycles. The van der Waals surface area contributed by atoms with Crippen molar-refractivity contribution >= 4 is 17.4 Å². The molecule has 1 aromatic rings. The largest absolute Gasteiger partial charge is 0.353 e. The van der Waals surface area contributed by atoms with Crippen molar-refractivity contribution < 1.29 is 0 Å². The summed E-state index contributed by atoms with van der Waals surface area (Å²) < 4.78 is 0. The molecule has 2 atom stereocenters. The monoisotopic (exact) mass is 278 g/mol. The molecular formula is C16H23ClN2. The standard InChI is InChI=1S/C16H23ClN2/c1-12-9-13(10-17)11-18-16(12)19-8-4-6-14-5-2-3-7-15(14)19/h9,11,14-15H,2-8,10H2,1H3. The quantitative estimate of drug-likeness (QED) is 0.751. The average Bonchev–Trinajstić information content (AvgIpc) is 2.46. The molecule has 1 saturated heterocycles.